The van der Waals surface area contributed by atoms with Crippen molar-refractivity contribution in [2.75, 3.05) is 100 Å². The number of carbonyl (C=O) groups is 11. The van der Waals surface area contributed by atoms with Gasteiger partial charge in [-0.05, 0) is 238 Å². The van der Waals surface area contributed by atoms with E-state index in [9.17, 15) is 61.5 Å². The van der Waals surface area contributed by atoms with Crippen molar-refractivity contribution in [3.05, 3.63) is 0 Å². The standard InChI is InChI=1S/C9H18N2O.3C8H15NO.2C7H12FNO.C7H14N2O.2C7H13NO.C6H12N2O.C6H11NO/c1-7-4-8(2)11(6-7)9(12)5-10-3;1-6-4-7(2)9(5-6)8(3)10;1-6-4-5-7(2)9(6)8(3)10;1-7-5-3-4-6-9(7)8(2)10;1-5(10)7-3-6(8)4-9(7)2;1-5-3-7(8)4-9(5)6(2)10;1-5-3-6(2)9(4-5)7(8)10;1-6(9)7-4-3-5-8(7)2;1-6-4-3-5-8(6)7(2)9;1-8-4-2-3-5(8)6(7)9;1-6-3-2-4-7(6)5-8/h7-8,10H,4-6H2,1-3H3;2*6-7H,4-5H2,1-3H3;7H,3-6H2,1-2H3;6-7H,3-4H2,1-2H3;5,7H,3-4H2,1-2H3;5-6H,3-4H2,1-2H3,(H2,8,10);7H,3-5H2,1-2H3;6H,3-5H2,1-2H3;5H,2-4H2,1H3,(H2,7,9);5-6H,2-4H2,1H3. The molecule has 0 saturated carbocycles. The van der Waals surface area contributed by atoms with Crippen LogP contribution in [0.4, 0.5) is 13.6 Å². The molecule has 11 saturated heterocycles. The van der Waals surface area contributed by atoms with Crippen LogP contribution in [-0.2, 0) is 47.9 Å². The first-order chi connectivity index (χ1) is 49.9. The number of primary amides is 2. The molecule has 11 fully saturated rings. The average Bonchev–Trinajstić information content (AvgIpc) is 1.12. The fourth-order valence-electron chi connectivity index (χ4n) is 16.7. The summed E-state index contributed by atoms with van der Waals surface area (Å²) < 4.78 is 25.2. The van der Waals surface area contributed by atoms with Crippen LogP contribution in [0.2, 0.25) is 0 Å². The van der Waals surface area contributed by atoms with Gasteiger partial charge in [0, 0.05) is 148 Å². The number of nitrogens with zero attached hydrogens (tertiary/aromatic N) is 11. The Morgan fingerprint density at radius 1 is 0.374 bits per heavy atom. The minimum atomic E-state index is -0.807. The van der Waals surface area contributed by atoms with Gasteiger partial charge in [-0.15, -0.1) is 0 Å². The molecule has 107 heavy (non-hydrogen) atoms. The van der Waals surface area contributed by atoms with Crippen LogP contribution in [0.25, 0.3) is 0 Å². The molecule has 11 heterocycles. The maximum atomic E-state index is 12.6. The lowest BCUT2D eigenvalue weighted by Crippen LogP contribution is -2.40. The van der Waals surface area contributed by atoms with Crippen molar-refractivity contribution in [1.29, 1.82) is 0 Å². The number of rotatable bonds is 6. The molecule has 0 aliphatic carbocycles. The lowest BCUT2D eigenvalue weighted by Gasteiger charge is -2.32. The Kier molecular flexibility index (Phi) is 47.0. The lowest BCUT2D eigenvalue weighted by molar-refractivity contribution is -0.132. The summed E-state index contributed by atoms with van der Waals surface area (Å²) in [7, 11) is 7.54. The van der Waals surface area contributed by atoms with Gasteiger partial charge in [-0.3, -0.25) is 62.6 Å². The Balaban J connectivity index is 0.000000589. The first-order valence-electron chi connectivity index (χ1n) is 40.2. The van der Waals surface area contributed by atoms with Crippen molar-refractivity contribution >= 4 is 65.4 Å². The summed E-state index contributed by atoms with van der Waals surface area (Å²) >= 11 is 0. The summed E-state index contributed by atoms with van der Waals surface area (Å²) in [6, 6.07) is 3.50. The quantitative estimate of drug-likeness (QED) is 0.209. The molecule has 0 spiro atoms. The number of Topliss-reactive ketones (excluding diaryl/α,β-unsaturated/α-hetero) is 2. The monoisotopic (exact) mass is 1520 g/mol. The number of ketones is 2. The van der Waals surface area contributed by atoms with Gasteiger partial charge in [0.1, 0.15) is 23.9 Å². The minimum Gasteiger partial charge on any atom is -0.368 e. The Hall–Kier alpha value is -5.93. The number of amides is 10. The van der Waals surface area contributed by atoms with Crippen LogP contribution in [0.1, 0.15) is 247 Å². The number of nitrogens with one attached hydrogen (secondary N) is 1. The van der Waals surface area contributed by atoms with Gasteiger partial charge in [0.2, 0.25) is 47.8 Å². The molecule has 17 unspecified atom stereocenters. The molecule has 5 N–H and O–H groups in total. The summed E-state index contributed by atoms with van der Waals surface area (Å²) in [4.78, 5) is 140. The molecule has 11 aliphatic heterocycles. The van der Waals surface area contributed by atoms with Crippen LogP contribution in [0.15, 0.2) is 0 Å². The van der Waals surface area contributed by atoms with Gasteiger partial charge in [-0.1, -0.05) is 20.8 Å². The highest BCUT2D eigenvalue weighted by Gasteiger charge is 2.35. The molecule has 25 nitrogen and oxygen atoms in total. The van der Waals surface area contributed by atoms with E-state index >= 15 is 0 Å². The molecule has 0 aromatic carbocycles. The van der Waals surface area contributed by atoms with Crippen LogP contribution < -0.4 is 16.8 Å². The predicted octanol–water partition coefficient (Wildman–Crippen LogP) is 8.80. The van der Waals surface area contributed by atoms with Crippen molar-refractivity contribution < 1.29 is 61.5 Å². The van der Waals surface area contributed by atoms with Crippen LogP contribution in [-0.4, -0.2) is 304 Å². The highest BCUT2D eigenvalue weighted by molar-refractivity contribution is 5.82. The van der Waals surface area contributed by atoms with E-state index in [1.54, 1.807) is 56.4 Å². The molecule has 0 aromatic heterocycles. The summed E-state index contributed by atoms with van der Waals surface area (Å²) in [6.07, 6.45) is 18.6. The highest BCUT2D eigenvalue weighted by Crippen LogP contribution is 2.27. The normalized spacial score (nSPS) is 30.6. The molecular formula is C80H150F2N14O11. The number of urea groups is 1. The number of halogens is 2. The largest absolute Gasteiger partial charge is 0.368 e. The second kappa shape index (κ2) is 50.8. The fourth-order valence-corrected chi connectivity index (χ4v) is 16.7. The topological polar surface area (TPSA) is 287 Å². The summed E-state index contributed by atoms with van der Waals surface area (Å²) in [5, 5.41) is 2.89. The molecule has 10 amide bonds. The number of nitrogens with two attached hydrogens (primary N) is 2. The third-order valence-electron chi connectivity index (χ3n) is 22.6. The Bertz CT molecular complexity index is 2470. The first kappa shape index (κ1) is 99.1. The van der Waals surface area contributed by atoms with Crippen LogP contribution in [0, 0.1) is 17.8 Å². The second-order valence-corrected chi connectivity index (χ2v) is 32.6. The Labute approximate surface area is 644 Å². The van der Waals surface area contributed by atoms with Gasteiger partial charge >= 0.3 is 6.03 Å². The Morgan fingerprint density at radius 3 is 0.972 bits per heavy atom. The van der Waals surface area contributed by atoms with Gasteiger partial charge in [-0.2, -0.15) is 0 Å². The van der Waals surface area contributed by atoms with E-state index in [-0.39, 0.29) is 83.9 Å². The lowest BCUT2D eigenvalue weighted by atomic mass is 10.0. The summed E-state index contributed by atoms with van der Waals surface area (Å²) in [5.74, 6) is 3.28. The smallest absolute Gasteiger partial charge is 0.315 e. The van der Waals surface area contributed by atoms with Crippen molar-refractivity contribution in [3.63, 3.8) is 0 Å². The molecule has 17 atom stereocenters. The molecule has 11 rings (SSSR count). The molecule has 11 aliphatic rings. The predicted molar refractivity (Wildman–Crippen MR) is 422 cm³/mol. The number of likely N-dealkylation sites (N-methyl/N-ethyl adjacent to an activating group) is 4. The third kappa shape index (κ3) is 36.2. The van der Waals surface area contributed by atoms with Crippen LogP contribution in [0.3, 0.4) is 0 Å². The minimum absolute atomic E-state index is 0.00463. The van der Waals surface area contributed by atoms with E-state index in [1.807, 2.05) is 69.3 Å². The van der Waals surface area contributed by atoms with E-state index in [4.69, 9.17) is 11.5 Å². The van der Waals surface area contributed by atoms with Crippen molar-refractivity contribution in [1.82, 2.24) is 59.2 Å². The van der Waals surface area contributed by atoms with Crippen molar-refractivity contribution in [2.45, 2.75) is 332 Å². The zero-order valence-electron chi connectivity index (χ0n) is 70.7. The maximum absolute atomic E-state index is 12.6. The van der Waals surface area contributed by atoms with Gasteiger partial charge in [-0.25, -0.2) is 13.6 Å². The second-order valence-electron chi connectivity index (χ2n) is 32.6. The van der Waals surface area contributed by atoms with Crippen LogP contribution in [0.5, 0.6) is 0 Å². The van der Waals surface area contributed by atoms with Gasteiger partial charge in [0.15, 0.2) is 0 Å². The number of hydrogen-bond acceptors (Lipinski definition) is 15. The third-order valence-corrected chi connectivity index (χ3v) is 22.6. The van der Waals surface area contributed by atoms with E-state index in [0.29, 0.717) is 97.8 Å². The van der Waals surface area contributed by atoms with Gasteiger partial charge < -0.3 is 56.0 Å². The highest BCUT2D eigenvalue weighted by atomic mass is 19.1. The van der Waals surface area contributed by atoms with E-state index in [2.05, 4.69) is 79.5 Å². The van der Waals surface area contributed by atoms with Crippen molar-refractivity contribution in [3.8, 4) is 0 Å². The molecule has 0 aromatic rings. The van der Waals surface area contributed by atoms with E-state index in [0.717, 1.165) is 90.9 Å². The molecule has 0 radical (unpaired) electrons. The molecule has 620 valence electrons. The Morgan fingerprint density at radius 2 is 0.757 bits per heavy atom. The molecular weight excluding hydrogens is 1370 g/mol. The molecule has 0 bridgehead atoms. The van der Waals surface area contributed by atoms with Crippen LogP contribution >= 0.6 is 0 Å². The number of carbonyl (C=O) groups excluding carboxylic acids is 11. The summed E-state index contributed by atoms with van der Waals surface area (Å²) in [6.45, 7) is 45.4. The zero-order chi connectivity index (χ0) is 81.9. The molecule has 27 heteroatoms. The van der Waals surface area contributed by atoms with Crippen molar-refractivity contribution in [2.24, 2.45) is 29.2 Å². The number of alkyl halides is 2. The van der Waals surface area contributed by atoms with Gasteiger partial charge in [0.25, 0.3) is 0 Å². The number of likely N-dealkylation sites (tertiary alicyclic amines) is 11. The number of hydrogen-bond donors (Lipinski definition) is 3. The zero-order valence-corrected chi connectivity index (χ0v) is 70.7. The summed E-state index contributed by atoms with van der Waals surface area (Å²) in [5.41, 5.74) is 10.2. The van der Waals surface area contributed by atoms with Gasteiger partial charge in [0.05, 0.1) is 31.2 Å². The first-order valence-corrected chi connectivity index (χ1v) is 40.2. The van der Waals surface area contributed by atoms with E-state index in [1.165, 1.54) is 84.5 Å². The maximum Gasteiger partial charge on any atom is 0.315 e. The SMILES string of the molecule is CC(=O)C1CC(F)CN1C.CC(=O)C1CCCN1C.CC(=O)N1C(C)CCC1C.CC(=O)N1CC(C)CC1C.CC(=O)N1CC(F)CC1C.CC(=O)N1CCCC1C.CC(=O)N1CCCCC1C.CC1CC(C)N(C(N)=O)C1.CC1CCCN1C=O.CN1CCCC1C(N)=O.CNCC(=O)N1CC(C)CC1C. The van der Waals surface area contributed by atoms with E-state index < -0.39 is 12.3 Å². The number of piperidine rings is 1. The fraction of sp³-hybridized carbons (Fsp3) is 0.863. The average molecular weight is 1520 g/mol.